The molecular formula is C13H19F2N3O2S. The van der Waals surface area contributed by atoms with E-state index in [1.807, 2.05) is 0 Å². The molecule has 2 heterocycles. The molecule has 0 spiro atoms. The molecule has 0 unspecified atom stereocenters. The number of ether oxygens (including phenoxy) is 1. The van der Waals surface area contributed by atoms with Crippen LogP contribution in [-0.2, 0) is 0 Å². The molecule has 2 rings (SSSR count). The molecule has 1 aliphatic heterocycles. The van der Waals surface area contributed by atoms with Crippen molar-refractivity contribution < 1.29 is 18.3 Å². The molecule has 5 nitrogen and oxygen atoms in total. The van der Waals surface area contributed by atoms with E-state index in [1.54, 1.807) is 5.38 Å². The van der Waals surface area contributed by atoms with Gasteiger partial charge in [0, 0.05) is 32.7 Å². The minimum atomic E-state index is -2.92. The number of hydrogen-bond acceptors (Lipinski definition) is 5. The molecule has 1 saturated heterocycles. The summed E-state index contributed by atoms with van der Waals surface area (Å²) in [5, 5.41) is 7.58. The second kappa shape index (κ2) is 8.26. The fourth-order valence-electron chi connectivity index (χ4n) is 2.17. The van der Waals surface area contributed by atoms with Gasteiger partial charge in [0.25, 0.3) is 5.91 Å². The van der Waals surface area contributed by atoms with Gasteiger partial charge in [-0.1, -0.05) is 0 Å². The summed E-state index contributed by atoms with van der Waals surface area (Å²) in [7, 11) is 0. The quantitative estimate of drug-likeness (QED) is 0.746. The van der Waals surface area contributed by atoms with Crippen LogP contribution in [0.3, 0.4) is 0 Å². The summed E-state index contributed by atoms with van der Waals surface area (Å²) in [5.74, 6) is -0.421. The molecule has 0 aliphatic carbocycles. The predicted molar refractivity (Wildman–Crippen MR) is 77.2 cm³/mol. The summed E-state index contributed by atoms with van der Waals surface area (Å²) in [6.07, 6.45) is 0.835. The highest BCUT2D eigenvalue weighted by Gasteiger charge is 2.17. The molecule has 8 heteroatoms. The Hall–Kier alpha value is -1.25. The van der Waals surface area contributed by atoms with Gasteiger partial charge in [-0.25, -0.2) is 0 Å². The maximum Gasteiger partial charge on any atom is 0.387 e. The molecule has 0 saturated carbocycles. The predicted octanol–water partition coefficient (Wildman–Crippen LogP) is 1.37. The number of carbonyl (C=O) groups excluding carboxylic acids is 1. The highest BCUT2D eigenvalue weighted by atomic mass is 32.1. The lowest BCUT2D eigenvalue weighted by atomic mass is 10.3. The van der Waals surface area contributed by atoms with Crippen LogP contribution in [0.25, 0.3) is 0 Å². The molecule has 1 aliphatic rings. The van der Waals surface area contributed by atoms with Gasteiger partial charge in [0.1, 0.15) is 10.6 Å². The van der Waals surface area contributed by atoms with E-state index in [0.717, 1.165) is 50.5 Å². The van der Waals surface area contributed by atoms with Crippen molar-refractivity contribution in [3.63, 3.8) is 0 Å². The van der Waals surface area contributed by atoms with Crippen LogP contribution in [0.15, 0.2) is 11.4 Å². The fraction of sp³-hybridized carbons (Fsp3) is 0.615. The van der Waals surface area contributed by atoms with Gasteiger partial charge in [-0.15, -0.1) is 11.3 Å². The van der Waals surface area contributed by atoms with Crippen LogP contribution in [0, 0.1) is 0 Å². The Bertz CT molecular complexity index is 450. The van der Waals surface area contributed by atoms with E-state index in [4.69, 9.17) is 0 Å². The maximum atomic E-state index is 12.2. The van der Waals surface area contributed by atoms with Crippen molar-refractivity contribution in [2.24, 2.45) is 0 Å². The number of halogens is 2. The van der Waals surface area contributed by atoms with Gasteiger partial charge >= 0.3 is 6.61 Å². The van der Waals surface area contributed by atoms with E-state index >= 15 is 0 Å². The Morgan fingerprint density at radius 1 is 1.48 bits per heavy atom. The molecule has 118 valence electrons. The first-order valence-corrected chi connectivity index (χ1v) is 7.78. The van der Waals surface area contributed by atoms with E-state index < -0.39 is 6.61 Å². The van der Waals surface area contributed by atoms with Crippen LogP contribution in [0.1, 0.15) is 16.1 Å². The monoisotopic (exact) mass is 319 g/mol. The van der Waals surface area contributed by atoms with Gasteiger partial charge in [-0.3, -0.25) is 4.79 Å². The van der Waals surface area contributed by atoms with E-state index in [9.17, 15) is 13.6 Å². The van der Waals surface area contributed by atoms with Gasteiger partial charge < -0.3 is 20.3 Å². The highest BCUT2D eigenvalue weighted by molar-refractivity contribution is 7.12. The summed E-state index contributed by atoms with van der Waals surface area (Å²) in [5.41, 5.74) is 0. The zero-order chi connectivity index (χ0) is 15.1. The van der Waals surface area contributed by atoms with Crippen molar-refractivity contribution >= 4 is 17.2 Å². The number of nitrogens with zero attached hydrogens (tertiary/aromatic N) is 1. The van der Waals surface area contributed by atoms with E-state index in [-0.39, 0.29) is 16.5 Å². The van der Waals surface area contributed by atoms with Crippen LogP contribution in [0.5, 0.6) is 5.75 Å². The number of hydrogen-bond donors (Lipinski definition) is 2. The highest BCUT2D eigenvalue weighted by Crippen LogP contribution is 2.26. The molecule has 0 aromatic carbocycles. The first-order chi connectivity index (χ1) is 10.2. The zero-order valence-corrected chi connectivity index (χ0v) is 12.4. The SMILES string of the molecule is O=C(NCCCN1CCNCC1)c1sccc1OC(F)F. The van der Waals surface area contributed by atoms with Gasteiger partial charge in [-0.2, -0.15) is 8.78 Å². The molecule has 2 N–H and O–H groups in total. The van der Waals surface area contributed by atoms with Crippen molar-refractivity contribution in [2.45, 2.75) is 13.0 Å². The van der Waals surface area contributed by atoms with Crippen molar-refractivity contribution in [2.75, 3.05) is 39.3 Å². The lowest BCUT2D eigenvalue weighted by molar-refractivity contribution is -0.0498. The Labute approximate surface area is 126 Å². The number of thiophene rings is 1. The number of nitrogens with one attached hydrogen (secondary N) is 2. The van der Waals surface area contributed by atoms with Crippen LogP contribution in [0.2, 0.25) is 0 Å². The maximum absolute atomic E-state index is 12.2. The minimum absolute atomic E-state index is 0.0606. The molecule has 1 fully saturated rings. The first kappa shape index (κ1) is 16.1. The summed E-state index contributed by atoms with van der Waals surface area (Å²) >= 11 is 1.10. The van der Waals surface area contributed by atoms with Crippen molar-refractivity contribution in [3.05, 3.63) is 16.3 Å². The van der Waals surface area contributed by atoms with Crippen molar-refractivity contribution in [1.82, 2.24) is 15.5 Å². The number of amides is 1. The van der Waals surface area contributed by atoms with Crippen LogP contribution >= 0.6 is 11.3 Å². The standard InChI is InChI=1S/C13H19F2N3O2S/c14-13(15)20-10-2-9-21-11(10)12(19)17-3-1-6-18-7-4-16-5-8-18/h2,9,13,16H,1,3-8H2,(H,17,19). The molecule has 1 aromatic rings. The van der Waals surface area contributed by atoms with Gasteiger partial charge in [0.15, 0.2) is 0 Å². The van der Waals surface area contributed by atoms with E-state index in [0.29, 0.717) is 6.54 Å². The normalized spacial score (nSPS) is 16.1. The van der Waals surface area contributed by atoms with Gasteiger partial charge in [-0.05, 0) is 24.4 Å². The molecule has 21 heavy (non-hydrogen) atoms. The van der Waals surface area contributed by atoms with Gasteiger partial charge in [0.2, 0.25) is 0 Å². The Balaban J connectivity index is 1.70. The summed E-state index contributed by atoms with van der Waals surface area (Å²) in [4.78, 5) is 14.4. The Morgan fingerprint density at radius 2 is 2.24 bits per heavy atom. The van der Waals surface area contributed by atoms with Crippen LogP contribution in [-0.4, -0.2) is 56.7 Å². The summed E-state index contributed by atoms with van der Waals surface area (Å²) in [6.45, 7) is 2.56. The lowest BCUT2D eigenvalue weighted by Gasteiger charge is -2.27. The molecule has 1 aromatic heterocycles. The third-order valence-corrected chi connectivity index (χ3v) is 4.09. The van der Waals surface area contributed by atoms with E-state index in [1.165, 1.54) is 6.07 Å². The molecular weight excluding hydrogens is 300 g/mol. The second-order valence-electron chi connectivity index (χ2n) is 4.69. The third-order valence-electron chi connectivity index (χ3n) is 3.20. The van der Waals surface area contributed by atoms with Crippen LogP contribution in [0.4, 0.5) is 8.78 Å². The zero-order valence-electron chi connectivity index (χ0n) is 11.6. The Kier molecular flexibility index (Phi) is 6.34. The van der Waals surface area contributed by atoms with E-state index in [2.05, 4.69) is 20.3 Å². The number of rotatable bonds is 7. The van der Waals surface area contributed by atoms with Crippen LogP contribution < -0.4 is 15.4 Å². The number of carbonyl (C=O) groups is 1. The summed E-state index contributed by atoms with van der Waals surface area (Å²) < 4.78 is 28.7. The molecule has 1 amide bonds. The first-order valence-electron chi connectivity index (χ1n) is 6.90. The largest absolute Gasteiger partial charge is 0.433 e. The fourth-order valence-corrected chi connectivity index (χ4v) is 2.91. The van der Waals surface area contributed by atoms with Crippen molar-refractivity contribution in [3.8, 4) is 5.75 Å². The molecule has 0 bridgehead atoms. The number of alkyl halides is 2. The average Bonchev–Trinajstić information content (AvgIpc) is 2.92. The molecule has 0 radical (unpaired) electrons. The average molecular weight is 319 g/mol. The lowest BCUT2D eigenvalue weighted by Crippen LogP contribution is -2.44. The van der Waals surface area contributed by atoms with Gasteiger partial charge in [0.05, 0.1) is 0 Å². The van der Waals surface area contributed by atoms with Crippen molar-refractivity contribution in [1.29, 1.82) is 0 Å². The summed E-state index contributed by atoms with van der Waals surface area (Å²) in [6, 6.07) is 1.38. The Morgan fingerprint density at radius 3 is 2.95 bits per heavy atom. The molecule has 0 atom stereocenters. The second-order valence-corrected chi connectivity index (χ2v) is 5.61. The minimum Gasteiger partial charge on any atom is -0.433 e. The number of piperazine rings is 1. The third kappa shape index (κ3) is 5.22. The smallest absolute Gasteiger partial charge is 0.387 e. The topological polar surface area (TPSA) is 53.6 Å².